The molecule has 1 aromatic heterocycles. The van der Waals surface area contributed by atoms with Gasteiger partial charge in [0.05, 0.1) is 25.7 Å². The van der Waals surface area contributed by atoms with Crippen LogP contribution in [-0.2, 0) is 14.3 Å². The Morgan fingerprint density at radius 2 is 1.73 bits per heavy atom. The first-order valence-corrected chi connectivity index (χ1v) is 13.9. The average molecular weight is 538 g/mol. The molecule has 3 amide bonds. The van der Waals surface area contributed by atoms with Crippen LogP contribution in [0.1, 0.15) is 24.8 Å². The fourth-order valence-electron chi connectivity index (χ4n) is 6.18. The third kappa shape index (κ3) is 4.20. The monoisotopic (exact) mass is 537 g/mol. The second kappa shape index (κ2) is 9.43. The number of amides is 3. The first-order chi connectivity index (χ1) is 19.4. The zero-order valence-electron chi connectivity index (χ0n) is 22.5. The van der Waals surface area contributed by atoms with Gasteiger partial charge in [-0.25, -0.2) is 9.79 Å². The molecule has 2 saturated heterocycles. The van der Waals surface area contributed by atoms with Crippen LogP contribution in [-0.4, -0.2) is 88.8 Å². The fourth-order valence-corrected chi connectivity index (χ4v) is 6.18. The van der Waals surface area contributed by atoms with Gasteiger partial charge in [-0.1, -0.05) is 42.5 Å². The zero-order valence-corrected chi connectivity index (χ0v) is 22.5. The predicted molar refractivity (Wildman–Crippen MR) is 150 cm³/mol. The molecule has 40 heavy (non-hydrogen) atoms. The molecule has 0 unspecified atom stereocenters. The molecular weight excluding hydrogens is 506 g/mol. The number of nitrogens with zero attached hydrogens (tertiary/aromatic N) is 5. The summed E-state index contributed by atoms with van der Waals surface area (Å²) in [7, 11) is 1.34. The van der Waals surface area contributed by atoms with Crippen LogP contribution in [0.25, 0.3) is 22.0 Å². The van der Waals surface area contributed by atoms with Crippen molar-refractivity contribution in [3.63, 3.8) is 0 Å². The van der Waals surface area contributed by atoms with Crippen LogP contribution in [0.2, 0.25) is 0 Å². The molecule has 9 nitrogen and oxygen atoms in total. The van der Waals surface area contributed by atoms with E-state index in [-0.39, 0.29) is 36.7 Å². The van der Waals surface area contributed by atoms with Crippen LogP contribution < -0.4 is 0 Å². The summed E-state index contributed by atoms with van der Waals surface area (Å²) in [4.78, 5) is 53.2. The highest BCUT2D eigenvalue weighted by Gasteiger charge is 2.58. The van der Waals surface area contributed by atoms with Crippen LogP contribution in [0.3, 0.4) is 0 Å². The molecule has 1 aliphatic carbocycles. The van der Waals surface area contributed by atoms with Gasteiger partial charge in [0.2, 0.25) is 5.91 Å². The van der Waals surface area contributed by atoms with Crippen LogP contribution in [0.4, 0.5) is 4.79 Å². The molecule has 3 fully saturated rings. The highest BCUT2D eigenvalue weighted by atomic mass is 16.5. The molecule has 3 aromatic rings. The zero-order chi connectivity index (χ0) is 27.4. The molecular formula is C31H31N5O4. The fraction of sp³-hybridized carbons (Fsp3) is 0.387. The molecule has 0 N–H and O–H groups in total. The summed E-state index contributed by atoms with van der Waals surface area (Å²) < 4.78 is 4.85. The second-order valence-electron chi connectivity index (χ2n) is 11.4. The Balaban J connectivity index is 1.15. The number of hydrogen-bond donors (Lipinski definition) is 0. The number of aliphatic imine (C=N–C) groups is 1. The van der Waals surface area contributed by atoms with E-state index in [0.717, 1.165) is 53.4 Å². The minimum absolute atomic E-state index is 0.0840. The second-order valence-corrected chi connectivity index (χ2v) is 11.4. The van der Waals surface area contributed by atoms with Crippen molar-refractivity contribution in [3.05, 3.63) is 66.4 Å². The van der Waals surface area contributed by atoms with E-state index >= 15 is 0 Å². The van der Waals surface area contributed by atoms with Gasteiger partial charge in [0.15, 0.2) is 5.54 Å². The van der Waals surface area contributed by atoms with Crippen molar-refractivity contribution in [1.82, 2.24) is 19.7 Å². The lowest BCUT2D eigenvalue weighted by atomic mass is 9.90. The van der Waals surface area contributed by atoms with Gasteiger partial charge in [0, 0.05) is 42.7 Å². The third-order valence-electron chi connectivity index (χ3n) is 8.60. The number of likely N-dealkylation sites (tertiary alicyclic amines) is 2. The Morgan fingerprint density at radius 1 is 0.975 bits per heavy atom. The van der Waals surface area contributed by atoms with Crippen molar-refractivity contribution in [3.8, 4) is 11.1 Å². The number of aromatic nitrogens is 1. The summed E-state index contributed by atoms with van der Waals surface area (Å²) in [6.07, 6.45) is 4.19. The molecule has 2 aromatic carbocycles. The number of methoxy groups -OCH3 is 1. The van der Waals surface area contributed by atoms with E-state index in [1.54, 1.807) is 11.1 Å². The molecule has 0 radical (unpaired) electrons. The lowest BCUT2D eigenvalue weighted by Gasteiger charge is -2.43. The summed E-state index contributed by atoms with van der Waals surface area (Å²) in [5, 5.41) is 1.09. The van der Waals surface area contributed by atoms with Crippen LogP contribution in [0.5, 0.6) is 0 Å². The van der Waals surface area contributed by atoms with Crippen LogP contribution in [0, 0.1) is 11.8 Å². The Bertz CT molecular complexity index is 1540. The maximum atomic E-state index is 13.8. The lowest BCUT2D eigenvalue weighted by molar-refractivity contribution is -0.136. The average Bonchev–Trinajstić information content (AvgIpc) is 3.65. The van der Waals surface area contributed by atoms with Gasteiger partial charge in [0.25, 0.3) is 5.91 Å². The highest BCUT2D eigenvalue weighted by molar-refractivity contribution is 6.16. The number of hydrogen-bond acceptors (Lipinski definition) is 6. The summed E-state index contributed by atoms with van der Waals surface area (Å²) >= 11 is 0. The van der Waals surface area contributed by atoms with Crippen molar-refractivity contribution < 1.29 is 19.1 Å². The van der Waals surface area contributed by atoms with E-state index in [1.165, 1.54) is 12.0 Å². The first kappa shape index (κ1) is 24.7. The normalized spacial score (nSPS) is 21.6. The number of pyridine rings is 1. The molecule has 1 saturated carbocycles. The smallest absolute Gasteiger partial charge is 0.409 e. The number of carbonyl (C=O) groups is 3. The SMILES string of the molecule is COC(=O)N1CC2(C1)N=C(c1ccc(-c3ccc4cccnc4c3)cc1)N(C[C@@H]1CCN(C(=O)C3CC3)C1)C2=O. The highest BCUT2D eigenvalue weighted by Crippen LogP contribution is 2.37. The van der Waals surface area contributed by atoms with Crippen LogP contribution >= 0.6 is 0 Å². The maximum absolute atomic E-state index is 13.8. The molecule has 4 aliphatic rings. The van der Waals surface area contributed by atoms with Crippen molar-refractivity contribution in [2.75, 3.05) is 39.8 Å². The van der Waals surface area contributed by atoms with E-state index < -0.39 is 11.6 Å². The van der Waals surface area contributed by atoms with Crippen molar-refractivity contribution in [2.45, 2.75) is 24.8 Å². The minimum atomic E-state index is -0.978. The van der Waals surface area contributed by atoms with Gasteiger partial charge < -0.3 is 14.5 Å². The summed E-state index contributed by atoms with van der Waals surface area (Å²) in [5.74, 6) is 1.19. The number of amidine groups is 1. The molecule has 7 rings (SSSR count). The number of fused-ring (bicyclic) bond motifs is 1. The quantitative estimate of drug-likeness (QED) is 0.496. The molecule has 3 aliphatic heterocycles. The first-order valence-electron chi connectivity index (χ1n) is 13.9. The minimum Gasteiger partial charge on any atom is -0.453 e. The van der Waals surface area contributed by atoms with Crippen molar-refractivity contribution in [2.24, 2.45) is 16.8 Å². The van der Waals surface area contributed by atoms with E-state index in [9.17, 15) is 14.4 Å². The standard InChI is InChI=1S/C31H31N5O4/c1-40-30(39)35-18-31(19-35)29(38)36(17-20-12-14-34(16-20)28(37)24-9-10-24)27(33-31)23-7-4-21(5-8-23)25-11-6-22-3-2-13-32-26(22)15-25/h2-8,11,13,15,20,24H,9-10,12,14,16-19H2,1H3/t20-/m1/s1. The summed E-state index contributed by atoms with van der Waals surface area (Å²) in [6, 6.07) is 18.3. The lowest BCUT2D eigenvalue weighted by Crippen LogP contribution is -2.66. The maximum Gasteiger partial charge on any atom is 0.409 e. The summed E-state index contributed by atoms with van der Waals surface area (Å²) in [6.45, 7) is 2.33. The van der Waals surface area contributed by atoms with E-state index in [0.29, 0.717) is 18.9 Å². The number of rotatable bonds is 5. The number of ether oxygens (including phenoxy) is 1. The molecule has 9 heteroatoms. The molecule has 4 heterocycles. The van der Waals surface area contributed by atoms with Gasteiger partial charge in [-0.15, -0.1) is 0 Å². The number of carbonyl (C=O) groups excluding carboxylic acids is 3. The number of benzene rings is 2. The Kier molecular flexibility index (Phi) is 5.83. The van der Waals surface area contributed by atoms with Gasteiger partial charge in [-0.2, -0.15) is 0 Å². The van der Waals surface area contributed by atoms with Crippen LogP contribution in [0.15, 0.2) is 65.8 Å². The Labute approximate surface area is 232 Å². The van der Waals surface area contributed by atoms with Gasteiger partial charge >= 0.3 is 6.09 Å². The molecule has 204 valence electrons. The van der Waals surface area contributed by atoms with E-state index in [2.05, 4.69) is 23.2 Å². The Hall–Kier alpha value is -4.27. The largest absolute Gasteiger partial charge is 0.453 e. The molecule has 0 bridgehead atoms. The van der Waals surface area contributed by atoms with E-state index in [1.807, 2.05) is 41.3 Å². The van der Waals surface area contributed by atoms with Crippen molar-refractivity contribution in [1.29, 1.82) is 0 Å². The molecule has 1 atom stereocenters. The van der Waals surface area contributed by atoms with E-state index in [4.69, 9.17) is 9.73 Å². The van der Waals surface area contributed by atoms with Gasteiger partial charge in [-0.3, -0.25) is 19.5 Å². The summed E-state index contributed by atoms with van der Waals surface area (Å²) in [5.41, 5.74) is 2.93. The van der Waals surface area contributed by atoms with Gasteiger partial charge in [0.1, 0.15) is 5.84 Å². The Morgan fingerprint density at radius 3 is 2.48 bits per heavy atom. The van der Waals surface area contributed by atoms with Gasteiger partial charge in [-0.05, 0) is 48.4 Å². The topological polar surface area (TPSA) is 95.4 Å². The van der Waals surface area contributed by atoms with Crippen molar-refractivity contribution >= 4 is 34.6 Å². The predicted octanol–water partition coefficient (Wildman–Crippen LogP) is 3.57. The molecule has 1 spiro atoms. The third-order valence-corrected chi connectivity index (χ3v) is 8.60.